The summed E-state index contributed by atoms with van der Waals surface area (Å²) in [5.74, 6) is 0. The maximum atomic E-state index is 4.46. The Morgan fingerprint density at radius 2 is 1.75 bits per heavy atom. The minimum Gasteiger partial charge on any atom is -0.299 e. The van der Waals surface area contributed by atoms with Gasteiger partial charge in [0.05, 0.1) is 11.4 Å². The molecule has 0 amide bonds. The molecule has 0 bridgehead atoms. The number of nitrogens with zero attached hydrogens (tertiary/aromatic N) is 2. The van der Waals surface area contributed by atoms with Crippen molar-refractivity contribution in [1.82, 2.24) is 9.38 Å². The quantitative estimate of drug-likeness (QED) is 0.599. The molecule has 1 aromatic carbocycles. The molecule has 2 heterocycles. The summed E-state index contributed by atoms with van der Waals surface area (Å²) in [4.78, 5) is 4.46. The second-order valence-corrected chi connectivity index (χ2v) is 3.89. The number of rotatable bonds is 1. The van der Waals surface area contributed by atoms with Crippen LogP contribution in [0.4, 0.5) is 0 Å². The summed E-state index contributed by atoms with van der Waals surface area (Å²) in [6.07, 6.45) is 2.07. The first-order valence-electron chi connectivity index (χ1n) is 5.35. The fourth-order valence-corrected chi connectivity index (χ4v) is 1.98. The van der Waals surface area contributed by atoms with E-state index < -0.39 is 0 Å². The number of aryl methyl sites for hydroxylation is 1. The van der Waals surface area contributed by atoms with Crippen LogP contribution in [-0.2, 0) is 0 Å². The zero-order valence-electron chi connectivity index (χ0n) is 9.09. The van der Waals surface area contributed by atoms with Gasteiger partial charge in [-0.1, -0.05) is 36.4 Å². The maximum Gasteiger partial charge on any atom is 0.137 e. The van der Waals surface area contributed by atoms with E-state index in [1.807, 2.05) is 25.1 Å². The van der Waals surface area contributed by atoms with Crippen molar-refractivity contribution in [2.45, 2.75) is 6.92 Å². The lowest BCUT2D eigenvalue weighted by molar-refractivity contribution is 1.19. The number of pyridine rings is 1. The lowest BCUT2D eigenvalue weighted by Gasteiger charge is -2.04. The summed E-state index contributed by atoms with van der Waals surface area (Å²) in [5.41, 5.74) is 4.44. The van der Waals surface area contributed by atoms with E-state index in [-0.39, 0.29) is 0 Å². The molecule has 0 aliphatic rings. The van der Waals surface area contributed by atoms with Crippen molar-refractivity contribution in [3.05, 3.63) is 60.4 Å². The SMILES string of the molecule is Cc1cn2c(-c3ccccc3)cccc2n1. The van der Waals surface area contributed by atoms with Gasteiger partial charge in [0.2, 0.25) is 0 Å². The van der Waals surface area contributed by atoms with E-state index in [1.165, 1.54) is 11.3 Å². The second kappa shape index (κ2) is 3.49. The highest BCUT2D eigenvalue weighted by Gasteiger charge is 2.03. The first-order chi connectivity index (χ1) is 7.84. The van der Waals surface area contributed by atoms with Crippen LogP contribution in [0.2, 0.25) is 0 Å². The van der Waals surface area contributed by atoms with Gasteiger partial charge < -0.3 is 0 Å². The molecular weight excluding hydrogens is 196 g/mol. The number of hydrogen-bond donors (Lipinski definition) is 0. The fourth-order valence-electron chi connectivity index (χ4n) is 1.98. The van der Waals surface area contributed by atoms with Crippen LogP contribution in [0.5, 0.6) is 0 Å². The van der Waals surface area contributed by atoms with Crippen LogP contribution in [0.3, 0.4) is 0 Å². The van der Waals surface area contributed by atoms with Gasteiger partial charge in [0.15, 0.2) is 0 Å². The molecule has 0 radical (unpaired) electrons. The van der Waals surface area contributed by atoms with Gasteiger partial charge in [0, 0.05) is 6.20 Å². The fraction of sp³-hybridized carbons (Fsp3) is 0.0714. The van der Waals surface area contributed by atoms with E-state index in [0.29, 0.717) is 0 Å². The highest BCUT2D eigenvalue weighted by Crippen LogP contribution is 2.20. The smallest absolute Gasteiger partial charge is 0.137 e. The van der Waals surface area contributed by atoms with Gasteiger partial charge in [0.1, 0.15) is 5.65 Å². The third-order valence-electron chi connectivity index (χ3n) is 2.68. The van der Waals surface area contributed by atoms with E-state index in [2.05, 4.69) is 45.9 Å². The monoisotopic (exact) mass is 208 g/mol. The van der Waals surface area contributed by atoms with Gasteiger partial charge in [0.25, 0.3) is 0 Å². The molecule has 0 spiro atoms. The Morgan fingerprint density at radius 3 is 2.56 bits per heavy atom. The minimum atomic E-state index is 0.999. The predicted molar refractivity (Wildman–Crippen MR) is 65.4 cm³/mol. The van der Waals surface area contributed by atoms with Crippen molar-refractivity contribution in [2.75, 3.05) is 0 Å². The average Bonchev–Trinajstić information content (AvgIpc) is 2.70. The Kier molecular flexibility index (Phi) is 2.00. The van der Waals surface area contributed by atoms with Gasteiger partial charge in [-0.05, 0) is 24.6 Å². The molecule has 0 fully saturated rings. The van der Waals surface area contributed by atoms with E-state index in [9.17, 15) is 0 Å². The summed E-state index contributed by atoms with van der Waals surface area (Å²) in [6, 6.07) is 16.6. The molecule has 0 aliphatic heterocycles. The van der Waals surface area contributed by atoms with Crippen LogP contribution in [0.1, 0.15) is 5.69 Å². The van der Waals surface area contributed by atoms with Crippen LogP contribution < -0.4 is 0 Å². The topological polar surface area (TPSA) is 17.3 Å². The Balaban J connectivity index is 2.31. The molecule has 0 unspecified atom stereocenters. The van der Waals surface area contributed by atoms with Crippen molar-refractivity contribution >= 4 is 5.65 Å². The lowest BCUT2D eigenvalue weighted by Crippen LogP contribution is -1.89. The minimum absolute atomic E-state index is 0.999. The van der Waals surface area contributed by atoms with E-state index in [1.54, 1.807) is 0 Å². The van der Waals surface area contributed by atoms with Gasteiger partial charge in [-0.2, -0.15) is 0 Å². The van der Waals surface area contributed by atoms with Crippen LogP contribution >= 0.6 is 0 Å². The molecule has 3 aromatic rings. The molecule has 0 atom stereocenters. The number of benzene rings is 1. The second-order valence-electron chi connectivity index (χ2n) is 3.89. The predicted octanol–water partition coefficient (Wildman–Crippen LogP) is 3.31. The van der Waals surface area contributed by atoms with Crippen molar-refractivity contribution in [3.8, 4) is 11.3 Å². The van der Waals surface area contributed by atoms with Crippen LogP contribution in [0.15, 0.2) is 54.7 Å². The molecule has 3 rings (SSSR count). The molecule has 78 valence electrons. The molecule has 16 heavy (non-hydrogen) atoms. The Bertz CT molecular complexity index is 624. The van der Waals surface area contributed by atoms with Crippen molar-refractivity contribution in [3.63, 3.8) is 0 Å². The maximum absolute atomic E-state index is 4.46. The molecule has 2 nitrogen and oxygen atoms in total. The number of imidazole rings is 1. The van der Waals surface area contributed by atoms with Crippen molar-refractivity contribution in [2.24, 2.45) is 0 Å². The first kappa shape index (κ1) is 9.16. The van der Waals surface area contributed by atoms with E-state index in [0.717, 1.165) is 11.3 Å². The number of hydrogen-bond acceptors (Lipinski definition) is 1. The molecule has 0 aliphatic carbocycles. The molecular formula is C14H12N2. The average molecular weight is 208 g/mol. The van der Waals surface area contributed by atoms with Gasteiger partial charge in [-0.3, -0.25) is 4.40 Å². The molecule has 2 heteroatoms. The Hall–Kier alpha value is -2.09. The molecule has 0 N–H and O–H groups in total. The Labute approximate surface area is 94.2 Å². The zero-order valence-corrected chi connectivity index (χ0v) is 9.09. The van der Waals surface area contributed by atoms with Crippen molar-refractivity contribution < 1.29 is 0 Å². The van der Waals surface area contributed by atoms with Crippen LogP contribution in [0, 0.1) is 6.92 Å². The summed E-state index contributed by atoms with van der Waals surface area (Å²) < 4.78 is 2.13. The summed E-state index contributed by atoms with van der Waals surface area (Å²) >= 11 is 0. The van der Waals surface area contributed by atoms with E-state index >= 15 is 0 Å². The summed E-state index contributed by atoms with van der Waals surface area (Å²) in [7, 11) is 0. The van der Waals surface area contributed by atoms with Crippen LogP contribution in [0.25, 0.3) is 16.9 Å². The highest BCUT2D eigenvalue weighted by atomic mass is 15.0. The van der Waals surface area contributed by atoms with Gasteiger partial charge in [-0.25, -0.2) is 4.98 Å². The number of aromatic nitrogens is 2. The van der Waals surface area contributed by atoms with Crippen LogP contribution in [-0.4, -0.2) is 9.38 Å². The third kappa shape index (κ3) is 1.39. The molecule has 0 saturated carbocycles. The van der Waals surface area contributed by atoms with Gasteiger partial charge >= 0.3 is 0 Å². The normalized spacial score (nSPS) is 10.8. The highest BCUT2D eigenvalue weighted by molar-refractivity contribution is 5.63. The largest absolute Gasteiger partial charge is 0.299 e. The van der Waals surface area contributed by atoms with Crippen molar-refractivity contribution in [1.29, 1.82) is 0 Å². The summed E-state index contributed by atoms with van der Waals surface area (Å²) in [5, 5.41) is 0. The first-order valence-corrected chi connectivity index (χ1v) is 5.35. The summed E-state index contributed by atoms with van der Waals surface area (Å²) in [6.45, 7) is 2.02. The lowest BCUT2D eigenvalue weighted by atomic mass is 10.1. The number of fused-ring (bicyclic) bond motifs is 1. The molecule has 2 aromatic heterocycles. The van der Waals surface area contributed by atoms with E-state index in [4.69, 9.17) is 0 Å². The zero-order chi connectivity index (χ0) is 11.0. The molecule has 0 saturated heterocycles. The third-order valence-corrected chi connectivity index (χ3v) is 2.68. The Morgan fingerprint density at radius 1 is 0.938 bits per heavy atom. The van der Waals surface area contributed by atoms with Gasteiger partial charge in [-0.15, -0.1) is 0 Å². The standard InChI is InChI=1S/C14H12N2/c1-11-10-16-13(8-5-9-14(16)15-11)12-6-3-2-4-7-12/h2-10H,1H3.